The molecule has 1 aliphatic carbocycles. The minimum Gasteiger partial charge on any atom is -0.264 e. The Labute approximate surface area is 73.8 Å². The summed E-state index contributed by atoms with van der Waals surface area (Å²) in [5.41, 5.74) is 3.00. The van der Waals surface area contributed by atoms with Crippen molar-refractivity contribution in [1.29, 1.82) is 0 Å². The van der Waals surface area contributed by atoms with E-state index in [1.807, 2.05) is 12.4 Å². The molecule has 1 aromatic heterocycles. The summed E-state index contributed by atoms with van der Waals surface area (Å²) in [6.45, 7) is 2.29. The van der Waals surface area contributed by atoms with Gasteiger partial charge in [0, 0.05) is 12.4 Å². The molecule has 12 heavy (non-hydrogen) atoms. The summed E-state index contributed by atoms with van der Waals surface area (Å²) in [6, 6.07) is 2.18. The number of rotatable bonds is 1. The molecule has 1 nitrogen and oxygen atoms in total. The van der Waals surface area contributed by atoms with Gasteiger partial charge in [0.15, 0.2) is 0 Å². The Bertz CT molecular complexity index is 267. The van der Waals surface area contributed by atoms with Gasteiger partial charge in [0.05, 0.1) is 0 Å². The molecule has 1 atom stereocenters. The highest BCUT2D eigenvalue weighted by atomic mass is 14.6. The smallest absolute Gasteiger partial charge is 0.0302 e. The summed E-state index contributed by atoms with van der Waals surface area (Å²) in [5, 5.41) is 0. The molecule has 2 rings (SSSR count). The first-order valence-corrected chi connectivity index (χ1v) is 4.82. The zero-order valence-electron chi connectivity index (χ0n) is 7.59. The van der Waals surface area contributed by atoms with E-state index in [0.717, 1.165) is 5.92 Å². The molecule has 1 aliphatic rings. The highest BCUT2D eigenvalue weighted by molar-refractivity contribution is 5.26. The first-order chi connectivity index (χ1) is 5.90. The van der Waals surface area contributed by atoms with Gasteiger partial charge >= 0.3 is 0 Å². The minimum absolute atomic E-state index is 0.917. The van der Waals surface area contributed by atoms with Crippen molar-refractivity contribution < 1.29 is 0 Å². The number of aromatic nitrogens is 1. The molecule has 0 N–H and O–H groups in total. The molecule has 0 fully saturated rings. The molecule has 1 unspecified atom stereocenters. The molecule has 0 aliphatic heterocycles. The lowest BCUT2D eigenvalue weighted by molar-refractivity contribution is 0.444. The maximum Gasteiger partial charge on any atom is 0.0302 e. The summed E-state index contributed by atoms with van der Waals surface area (Å²) >= 11 is 0. The Morgan fingerprint density at radius 3 is 3.25 bits per heavy atom. The third kappa shape index (κ3) is 1.36. The van der Waals surface area contributed by atoms with Crippen LogP contribution in [0.3, 0.4) is 0 Å². The van der Waals surface area contributed by atoms with Gasteiger partial charge in [0.2, 0.25) is 0 Å². The highest BCUT2D eigenvalue weighted by Gasteiger charge is 2.16. The Morgan fingerprint density at radius 2 is 2.42 bits per heavy atom. The van der Waals surface area contributed by atoms with E-state index in [9.17, 15) is 0 Å². The predicted octanol–water partition coefficient (Wildman–Crippen LogP) is 2.60. The quantitative estimate of drug-likeness (QED) is 0.617. The average Bonchev–Trinajstić information content (AvgIpc) is 2.17. The number of pyridine rings is 1. The standard InChI is InChI=1S/C11H15N/c1-2-9-3-4-11-8-12-6-5-10(11)7-9/h5-6,8-9H,2-4,7H2,1H3. The zero-order valence-corrected chi connectivity index (χ0v) is 7.59. The number of nitrogens with zero attached hydrogens (tertiary/aromatic N) is 1. The van der Waals surface area contributed by atoms with Gasteiger partial charge in [-0.15, -0.1) is 0 Å². The third-order valence-electron chi connectivity index (χ3n) is 2.91. The van der Waals surface area contributed by atoms with E-state index in [1.54, 1.807) is 0 Å². The van der Waals surface area contributed by atoms with Gasteiger partial charge < -0.3 is 0 Å². The van der Waals surface area contributed by atoms with Gasteiger partial charge in [-0.05, 0) is 42.4 Å². The first kappa shape index (κ1) is 7.78. The second kappa shape index (κ2) is 3.26. The maximum atomic E-state index is 4.15. The summed E-state index contributed by atoms with van der Waals surface area (Å²) in [5.74, 6) is 0.917. The van der Waals surface area contributed by atoms with E-state index in [4.69, 9.17) is 0 Å². The van der Waals surface area contributed by atoms with E-state index in [0.29, 0.717) is 0 Å². The van der Waals surface area contributed by atoms with Crippen molar-refractivity contribution >= 4 is 0 Å². The maximum absolute atomic E-state index is 4.15. The molecule has 1 heteroatoms. The lowest BCUT2D eigenvalue weighted by Gasteiger charge is -2.22. The van der Waals surface area contributed by atoms with Crippen LogP contribution in [-0.4, -0.2) is 4.98 Å². The van der Waals surface area contributed by atoms with Crippen LogP contribution < -0.4 is 0 Å². The van der Waals surface area contributed by atoms with Crippen LogP contribution in [0.15, 0.2) is 18.5 Å². The van der Waals surface area contributed by atoms with Gasteiger partial charge in [0.25, 0.3) is 0 Å². The van der Waals surface area contributed by atoms with Crippen LogP contribution in [0.25, 0.3) is 0 Å². The van der Waals surface area contributed by atoms with Crippen molar-refractivity contribution in [2.24, 2.45) is 5.92 Å². The van der Waals surface area contributed by atoms with Crippen LogP contribution in [-0.2, 0) is 12.8 Å². The highest BCUT2D eigenvalue weighted by Crippen LogP contribution is 2.26. The fourth-order valence-electron chi connectivity index (χ4n) is 2.00. The Balaban J connectivity index is 2.23. The fourth-order valence-corrected chi connectivity index (χ4v) is 2.00. The molecule has 1 heterocycles. The summed E-state index contributed by atoms with van der Waals surface area (Å²) in [6.07, 6.45) is 9.13. The van der Waals surface area contributed by atoms with E-state index in [-0.39, 0.29) is 0 Å². The van der Waals surface area contributed by atoms with Crippen molar-refractivity contribution in [2.75, 3.05) is 0 Å². The topological polar surface area (TPSA) is 12.9 Å². The number of aryl methyl sites for hydroxylation is 1. The number of fused-ring (bicyclic) bond motifs is 1. The van der Waals surface area contributed by atoms with Gasteiger partial charge in [-0.3, -0.25) is 4.98 Å². The van der Waals surface area contributed by atoms with Gasteiger partial charge in [-0.1, -0.05) is 13.3 Å². The molecular weight excluding hydrogens is 146 g/mol. The second-order valence-electron chi connectivity index (χ2n) is 3.66. The van der Waals surface area contributed by atoms with Crippen molar-refractivity contribution in [2.45, 2.75) is 32.6 Å². The van der Waals surface area contributed by atoms with Crippen molar-refractivity contribution in [3.63, 3.8) is 0 Å². The van der Waals surface area contributed by atoms with Gasteiger partial charge in [0.1, 0.15) is 0 Å². The summed E-state index contributed by atoms with van der Waals surface area (Å²) < 4.78 is 0. The lowest BCUT2D eigenvalue weighted by atomic mass is 9.84. The molecule has 1 aromatic rings. The molecule has 0 saturated heterocycles. The molecule has 0 amide bonds. The van der Waals surface area contributed by atoms with Crippen LogP contribution in [0.5, 0.6) is 0 Å². The Morgan fingerprint density at radius 1 is 1.50 bits per heavy atom. The molecule has 64 valence electrons. The predicted molar refractivity (Wildman–Crippen MR) is 50.0 cm³/mol. The van der Waals surface area contributed by atoms with Gasteiger partial charge in [-0.25, -0.2) is 0 Å². The van der Waals surface area contributed by atoms with E-state index in [1.165, 1.54) is 36.8 Å². The van der Waals surface area contributed by atoms with Crippen LogP contribution in [0, 0.1) is 5.92 Å². The monoisotopic (exact) mass is 161 g/mol. The molecule has 0 radical (unpaired) electrons. The second-order valence-corrected chi connectivity index (χ2v) is 3.66. The first-order valence-electron chi connectivity index (χ1n) is 4.82. The van der Waals surface area contributed by atoms with Crippen molar-refractivity contribution in [1.82, 2.24) is 4.98 Å². The summed E-state index contributed by atoms with van der Waals surface area (Å²) in [4.78, 5) is 4.15. The lowest BCUT2D eigenvalue weighted by Crippen LogP contribution is -2.13. The molecular formula is C11H15N. The molecule has 0 spiro atoms. The molecule has 0 aromatic carbocycles. The number of hydrogen-bond acceptors (Lipinski definition) is 1. The average molecular weight is 161 g/mol. The third-order valence-corrected chi connectivity index (χ3v) is 2.91. The van der Waals surface area contributed by atoms with Gasteiger partial charge in [-0.2, -0.15) is 0 Å². The fraction of sp³-hybridized carbons (Fsp3) is 0.545. The van der Waals surface area contributed by atoms with Crippen LogP contribution in [0.4, 0.5) is 0 Å². The largest absolute Gasteiger partial charge is 0.264 e. The SMILES string of the molecule is CCC1CCc2cnccc2C1. The summed E-state index contributed by atoms with van der Waals surface area (Å²) in [7, 11) is 0. The normalized spacial score (nSPS) is 21.9. The van der Waals surface area contributed by atoms with E-state index < -0.39 is 0 Å². The zero-order chi connectivity index (χ0) is 8.39. The van der Waals surface area contributed by atoms with Crippen LogP contribution in [0.1, 0.15) is 30.9 Å². The Kier molecular flexibility index (Phi) is 2.11. The Hall–Kier alpha value is -0.850. The van der Waals surface area contributed by atoms with Crippen molar-refractivity contribution in [3.05, 3.63) is 29.6 Å². The molecule has 0 bridgehead atoms. The van der Waals surface area contributed by atoms with Crippen LogP contribution >= 0.6 is 0 Å². The van der Waals surface area contributed by atoms with Crippen LogP contribution in [0.2, 0.25) is 0 Å². The van der Waals surface area contributed by atoms with Crippen molar-refractivity contribution in [3.8, 4) is 0 Å². The minimum atomic E-state index is 0.917. The number of hydrogen-bond donors (Lipinski definition) is 0. The van der Waals surface area contributed by atoms with E-state index in [2.05, 4.69) is 18.0 Å². The van der Waals surface area contributed by atoms with E-state index >= 15 is 0 Å². The molecule has 0 saturated carbocycles.